The van der Waals surface area contributed by atoms with Gasteiger partial charge in [0.1, 0.15) is 11.8 Å². The highest BCUT2D eigenvalue weighted by Gasteiger charge is 2.31. The molecule has 0 spiro atoms. The molecule has 1 N–H and O–H groups in total. The van der Waals surface area contributed by atoms with Crippen molar-refractivity contribution in [3.8, 4) is 5.75 Å². The number of carboxylic acid groups (broad SMARTS) is 1. The van der Waals surface area contributed by atoms with Crippen molar-refractivity contribution >= 4 is 11.9 Å². The van der Waals surface area contributed by atoms with Gasteiger partial charge in [-0.05, 0) is 56.4 Å². The van der Waals surface area contributed by atoms with E-state index in [9.17, 15) is 14.7 Å². The molecule has 1 aromatic rings. The number of nitrogens with zero attached hydrogens (tertiary/aromatic N) is 1. The van der Waals surface area contributed by atoms with Crippen LogP contribution in [0.4, 0.5) is 0 Å². The van der Waals surface area contributed by atoms with Gasteiger partial charge in [-0.1, -0.05) is 6.07 Å². The van der Waals surface area contributed by atoms with Crippen LogP contribution in [0.2, 0.25) is 0 Å². The van der Waals surface area contributed by atoms with Crippen molar-refractivity contribution in [3.63, 3.8) is 0 Å². The van der Waals surface area contributed by atoms with E-state index in [4.69, 9.17) is 4.74 Å². The van der Waals surface area contributed by atoms with Crippen molar-refractivity contribution < 1.29 is 19.4 Å². The molecule has 5 heteroatoms. The van der Waals surface area contributed by atoms with E-state index >= 15 is 0 Å². The van der Waals surface area contributed by atoms with Crippen molar-refractivity contribution in [3.05, 3.63) is 29.3 Å². The monoisotopic (exact) mass is 305 g/mol. The van der Waals surface area contributed by atoms with Crippen LogP contribution in [0, 0.1) is 13.8 Å². The molecule has 1 amide bonds. The molecule has 1 fully saturated rings. The van der Waals surface area contributed by atoms with E-state index in [1.54, 1.807) is 0 Å². The van der Waals surface area contributed by atoms with Crippen LogP contribution in [0.15, 0.2) is 18.2 Å². The van der Waals surface area contributed by atoms with Gasteiger partial charge in [0.05, 0.1) is 13.0 Å². The molecule has 1 aliphatic heterocycles. The molecular formula is C17H23NO4. The molecule has 0 aliphatic carbocycles. The first-order valence-electron chi connectivity index (χ1n) is 7.71. The molecule has 0 aromatic heterocycles. The molecule has 22 heavy (non-hydrogen) atoms. The minimum atomic E-state index is -0.914. The fourth-order valence-corrected chi connectivity index (χ4v) is 2.69. The zero-order chi connectivity index (χ0) is 16.1. The normalized spacial score (nSPS) is 18.1. The van der Waals surface area contributed by atoms with Crippen LogP contribution in [0.5, 0.6) is 5.75 Å². The third-order valence-electron chi connectivity index (χ3n) is 4.17. The Morgan fingerprint density at radius 3 is 2.73 bits per heavy atom. The molecule has 120 valence electrons. The highest BCUT2D eigenvalue weighted by molar-refractivity contribution is 5.83. The summed E-state index contributed by atoms with van der Waals surface area (Å²) in [6, 6.07) is 5.13. The lowest BCUT2D eigenvalue weighted by molar-refractivity contribution is -0.152. The van der Waals surface area contributed by atoms with Crippen LogP contribution >= 0.6 is 0 Å². The number of aliphatic carboxylic acids is 1. The molecule has 0 saturated carbocycles. The predicted molar refractivity (Wildman–Crippen MR) is 83.0 cm³/mol. The molecule has 1 heterocycles. The summed E-state index contributed by atoms with van der Waals surface area (Å²) in [4.78, 5) is 24.9. The quantitative estimate of drug-likeness (QED) is 0.908. The second-order valence-electron chi connectivity index (χ2n) is 5.78. The first-order chi connectivity index (χ1) is 10.5. The summed E-state index contributed by atoms with van der Waals surface area (Å²) in [5.41, 5.74) is 2.34. The van der Waals surface area contributed by atoms with Crippen LogP contribution in [-0.4, -0.2) is 41.1 Å². The van der Waals surface area contributed by atoms with Crippen molar-refractivity contribution in [1.29, 1.82) is 0 Å². The van der Waals surface area contributed by atoms with Gasteiger partial charge >= 0.3 is 5.97 Å². The van der Waals surface area contributed by atoms with E-state index in [1.807, 2.05) is 32.0 Å². The van der Waals surface area contributed by atoms with E-state index < -0.39 is 12.0 Å². The number of piperidine rings is 1. The average Bonchev–Trinajstić information content (AvgIpc) is 2.50. The summed E-state index contributed by atoms with van der Waals surface area (Å²) >= 11 is 0. The highest BCUT2D eigenvalue weighted by atomic mass is 16.5. The van der Waals surface area contributed by atoms with E-state index in [2.05, 4.69) is 0 Å². The summed E-state index contributed by atoms with van der Waals surface area (Å²) in [5, 5.41) is 9.19. The molecule has 5 nitrogen and oxygen atoms in total. The van der Waals surface area contributed by atoms with Crippen LogP contribution in [0.25, 0.3) is 0 Å². The maximum Gasteiger partial charge on any atom is 0.326 e. The maximum absolute atomic E-state index is 12.2. The summed E-state index contributed by atoms with van der Waals surface area (Å²) in [6.07, 6.45) is 2.48. The van der Waals surface area contributed by atoms with Gasteiger partial charge in [0.15, 0.2) is 0 Å². The van der Waals surface area contributed by atoms with Gasteiger partial charge < -0.3 is 14.7 Å². The lowest BCUT2D eigenvalue weighted by atomic mass is 10.0. The van der Waals surface area contributed by atoms with Crippen molar-refractivity contribution in [1.82, 2.24) is 4.90 Å². The summed E-state index contributed by atoms with van der Waals surface area (Å²) < 4.78 is 5.60. The van der Waals surface area contributed by atoms with Crippen LogP contribution in [0.1, 0.15) is 36.8 Å². The standard InChI is InChI=1S/C17H23NO4/c1-12-6-7-14(11-13(12)2)22-10-8-16(19)18-9-4-3-5-15(18)17(20)21/h6-7,11,15H,3-5,8-10H2,1-2H3,(H,20,21). The summed E-state index contributed by atoms with van der Waals surface area (Å²) in [5.74, 6) is -0.316. The fraction of sp³-hybridized carbons (Fsp3) is 0.529. The number of carbonyl (C=O) groups is 2. The first kappa shape index (κ1) is 16.3. The van der Waals surface area contributed by atoms with Gasteiger partial charge in [0.25, 0.3) is 0 Å². The number of likely N-dealkylation sites (tertiary alicyclic amines) is 1. The Balaban J connectivity index is 1.86. The third-order valence-corrected chi connectivity index (χ3v) is 4.17. The minimum Gasteiger partial charge on any atom is -0.493 e. The van der Waals surface area contributed by atoms with Crippen molar-refractivity contribution in [2.24, 2.45) is 0 Å². The van der Waals surface area contributed by atoms with Crippen LogP contribution < -0.4 is 4.74 Å². The summed E-state index contributed by atoms with van der Waals surface area (Å²) in [7, 11) is 0. The van der Waals surface area contributed by atoms with E-state index in [0.717, 1.165) is 24.2 Å². The Kier molecular flexibility index (Phi) is 5.41. The Hall–Kier alpha value is -2.04. The van der Waals surface area contributed by atoms with Gasteiger partial charge in [-0.2, -0.15) is 0 Å². The first-order valence-corrected chi connectivity index (χ1v) is 7.71. The Morgan fingerprint density at radius 1 is 1.27 bits per heavy atom. The maximum atomic E-state index is 12.2. The molecular weight excluding hydrogens is 282 g/mol. The lowest BCUT2D eigenvalue weighted by Crippen LogP contribution is -2.48. The molecule has 2 rings (SSSR count). The number of carboxylic acids is 1. The Morgan fingerprint density at radius 2 is 2.05 bits per heavy atom. The second-order valence-corrected chi connectivity index (χ2v) is 5.78. The number of amides is 1. The number of hydrogen-bond donors (Lipinski definition) is 1. The van der Waals surface area contributed by atoms with Crippen LogP contribution in [-0.2, 0) is 9.59 Å². The molecule has 0 bridgehead atoms. The zero-order valence-corrected chi connectivity index (χ0v) is 13.2. The van der Waals surface area contributed by atoms with E-state index in [1.165, 1.54) is 10.5 Å². The molecule has 1 saturated heterocycles. The number of carbonyl (C=O) groups excluding carboxylic acids is 1. The Labute approximate surface area is 130 Å². The SMILES string of the molecule is Cc1ccc(OCCC(=O)N2CCCCC2C(=O)O)cc1C. The number of aryl methyl sites for hydroxylation is 2. The smallest absolute Gasteiger partial charge is 0.326 e. The number of rotatable bonds is 5. The van der Waals surface area contributed by atoms with Gasteiger partial charge in [-0.25, -0.2) is 4.79 Å². The predicted octanol–water partition coefficient (Wildman–Crippen LogP) is 2.54. The largest absolute Gasteiger partial charge is 0.493 e. The van der Waals surface area contributed by atoms with Gasteiger partial charge in [0.2, 0.25) is 5.91 Å². The average molecular weight is 305 g/mol. The fourth-order valence-electron chi connectivity index (χ4n) is 2.69. The number of benzene rings is 1. The third kappa shape index (κ3) is 4.00. The highest BCUT2D eigenvalue weighted by Crippen LogP contribution is 2.19. The molecule has 1 atom stereocenters. The van der Waals surface area contributed by atoms with E-state index in [0.29, 0.717) is 13.0 Å². The molecule has 1 aliphatic rings. The summed E-state index contributed by atoms with van der Waals surface area (Å²) in [6.45, 7) is 4.84. The Bertz CT molecular complexity index is 556. The van der Waals surface area contributed by atoms with Crippen LogP contribution in [0.3, 0.4) is 0 Å². The minimum absolute atomic E-state index is 0.143. The van der Waals surface area contributed by atoms with Gasteiger partial charge in [-0.3, -0.25) is 4.79 Å². The zero-order valence-electron chi connectivity index (χ0n) is 13.2. The van der Waals surface area contributed by atoms with E-state index in [-0.39, 0.29) is 18.9 Å². The topological polar surface area (TPSA) is 66.8 Å². The number of ether oxygens (including phenoxy) is 1. The molecule has 1 aromatic carbocycles. The van der Waals surface area contributed by atoms with Gasteiger partial charge in [0, 0.05) is 6.54 Å². The lowest BCUT2D eigenvalue weighted by Gasteiger charge is -2.33. The number of hydrogen-bond acceptors (Lipinski definition) is 3. The van der Waals surface area contributed by atoms with Crippen molar-refractivity contribution in [2.75, 3.05) is 13.2 Å². The van der Waals surface area contributed by atoms with Gasteiger partial charge in [-0.15, -0.1) is 0 Å². The molecule has 0 radical (unpaired) electrons. The molecule has 1 unspecified atom stereocenters. The van der Waals surface area contributed by atoms with Crippen molar-refractivity contribution in [2.45, 2.75) is 45.6 Å². The second kappa shape index (κ2) is 7.29.